The number of amides is 1. The number of carboxylic acid groups (broad SMARTS) is 1. The van der Waals surface area contributed by atoms with Gasteiger partial charge in [-0.25, -0.2) is 9.78 Å². The molecule has 2 aromatic heterocycles. The van der Waals surface area contributed by atoms with E-state index in [1.807, 2.05) is 73.7 Å². The van der Waals surface area contributed by atoms with Crippen molar-refractivity contribution in [2.45, 2.75) is 58.4 Å². The average Bonchev–Trinajstić information content (AvgIpc) is 3.52. The molecule has 3 heterocycles. The fraction of sp³-hybridized carbons (Fsp3) is 0.366. The topological polar surface area (TPSA) is 114 Å². The first-order chi connectivity index (χ1) is 24.8. The predicted octanol–water partition coefficient (Wildman–Crippen LogP) is 9.13. The van der Waals surface area contributed by atoms with Crippen molar-refractivity contribution >= 4 is 44.6 Å². The Morgan fingerprint density at radius 2 is 1.71 bits per heavy atom. The highest BCUT2D eigenvalue weighted by molar-refractivity contribution is 7.22. The van der Waals surface area contributed by atoms with Gasteiger partial charge in [0.25, 0.3) is 5.91 Å². The lowest BCUT2D eigenvalue weighted by Gasteiger charge is -2.56. The number of carbonyl (C=O) groups excluding carboxylic acids is 1. The van der Waals surface area contributed by atoms with Crippen LogP contribution < -0.4 is 19.7 Å². The van der Waals surface area contributed by atoms with Gasteiger partial charge in [-0.2, -0.15) is 4.98 Å². The molecular formula is C41H40N4O5S. The molecule has 2 N–H and O–H groups in total. The van der Waals surface area contributed by atoms with Gasteiger partial charge in [-0.05, 0) is 134 Å². The normalized spacial score (nSPS) is 23.2. The molecule has 0 atom stereocenters. The highest BCUT2D eigenvalue weighted by Gasteiger charge is 2.51. The second-order valence-corrected chi connectivity index (χ2v) is 16.2. The van der Waals surface area contributed by atoms with Crippen LogP contribution in [-0.2, 0) is 13.0 Å². The summed E-state index contributed by atoms with van der Waals surface area (Å²) in [5.41, 5.74) is 6.15. The van der Waals surface area contributed by atoms with E-state index < -0.39 is 6.16 Å². The Labute approximate surface area is 300 Å². The molecule has 5 aliphatic rings. The summed E-state index contributed by atoms with van der Waals surface area (Å²) in [5, 5.41) is 13.2. The van der Waals surface area contributed by atoms with Crippen molar-refractivity contribution in [1.29, 1.82) is 0 Å². The molecular weight excluding hydrogens is 661 g/mol. The number of rotatable bonds is 8. The number of nitrogens with one attached hydrogen (secondary N) is 1. The summed E-state index contributed by atoms with van der Waals surface area (Å²) in [5.74, 6) is 3.86. The van der Waals surface area contributed by atoms with Gasteiger partial charge in [0.1, 0.15) is 11.6 Å². The van der Waals surface area contributed by atoms with Gasteiger partial charge < -0.3 is 19.5 Å². The molecule has 4 bridgehead atoms. The number of pyridine rings is 1. The number of para-hydroxylation sites is 1. The molecule has 10 heteroatoms. The number of fused-ring (bicyclic) bond motifs is 2. The van der Waals surface area contributed by atoms with Crippen molar-refractivity contribution < 1.29 is 24.2 Å². The SMILES string of the molecule is Cc1cc(OCC23CC4CC(CC(C4)C2)C3)ccc1-c1ccc(N2CCc3cccc(C(=O)Nc4nc5ccccc5s4)c3C2)nc1OC(=O)O. The summed E-state index contributed by atoms with van der Waals surface area (Å²) in [4.78, 5) is 36.8. The Morgan fingerprint density at radius 1 is 0.941 bits per heavy atom. The number of ether oxygens (including phenoxy) is 2. The fourth-order valence-corrected chi connectivity index (χ4v) is 10.6. The number of anilines is 2. The molecule has 51 heavy (non-hydrogen) atoms. The van der Waals surface area contributed by atoms with Crippen LogP contribution in [0.2, 0.25) is 0 Å². The number of nitrogens with zero attached hydrogens (tertiary/aromatic N) is 3. The monoisotopic (exact) mass is 700 g/mol. The fourth-order valence-electron chi connectivity index (χ4n) is 9.78. The molecule has 1 aliphatic heterocycles. The number of hydrogen-bond donors (Lipinski definition) is 2. The summed E-state index contributed by atoms with van der Waals surface area (Å²) in [7, 11) is 0. The highest BCUT2D eigenvalue weighted by Crippen LogP contribution is 2.60. The van der Waals surface area contributed by atoms with Crippen molar-refractivity contribution in [3.05, 3.63) is 95.1 Å². The van der Waals surface area contributed by atoms with E-state index in [2.05, 4.69) is 21.3 Å². The third kappa shape index (κ3) is 6.20. The standard InChI is InChI=1S/C41H40N4O5S/c1-24-15-29(49-23-41-19-25-16-26(20-41)18-27(17-25)21-41)9-10-30(24)32-11-12-36(43-38(32)50-40(47)48)45-14-13-28-5-4-6-31(33(28)22-45)37(46)44-39-42-34-7-2-3-8-35(34)51-39/h2-12,15,25-27H,13-14,16-23H2,1H3,(H,47,48)(H,42,44,46). The maximum Gasteiger partial charge on any atom is 0.512 e. The lowest BCUT2D eigenvalue weighted by molar-refractivity contribution is -0.0745. The third-order valence-corrected chi connectivity index (χ3v) is 12.5. The van der Waals surface area contributed by atoms with Crippen LogP contribution >= 0.6 is 11.3 Å². The smallest absolute Gasteiger partial charge is 0.493 e. The average molecular weight is 701 g/mol. The van der Waals surface area contributed by atoms with Gasteiger partial charge in [0, 0.05) is 29.6 Å². The van der Waals surface area contributed by atoms with Crippen molar-refractivity contribution in [2.75, 3.05) is 23.4 Å². The van der Waals surface area contributed by atoms with Crippen molar-refractivity contribution in [1.82, 2.24) is 9.97 Å². The molecule has 0 radical (unpaired) electrons. The first-order valence-electron chi connectivity index (χ1n) is 18.0. The Hall–Kier alpha value is -4.96. The first-order valence-corrected chi connectivity index (χ1v) is 18.8. The quantitative estimate of drug-likeness (QED) is 0.154. The molecule has 3 aromatic carbocycles. The second-order valence-electron chi connectivity index (χ2n) is 15.1. The molecule has 0 unspecified atom stereocenters. The summed E-state index contributed by atoms with van der Waals surface area (Å²) in [6.45, 7) is 3.87. The van der Waals surface area contributed by atoms with E-state index in [1.165, 1.54) is 49.9 Å². The minimum absolute atomic E-state index is 0.0259. The van der Waals surface area contributed by atoms with E-state index in [9.17, 15) is 14.7 Å². The zero-order chi connectivity index (χ0) is 34.7. The Balaban J connectivity index is 0.938. The van der Waals surface area contributed by atoms with E-state index in [-0.39, 0.29) is 11.8 Å². The molecule has 4 aliphatic carbocycles. The van der Waals surface area contributed by atoms with Crippen LogP contribution in [0, 0.1) is 30.1 Å². The Kier molecular flexibility index (Phi) is 7.94. The summed E-state index contributed by atoms with van der Waals surface area (Å²) in [6.07, 6.45) is 7.41. The van der Waals surface area contributed by atoms with Gasteiger partial charge in [-0.3, -0.25) is 10.1 Å². The molecule has 4 fully saturated rings. The largest absolute Gasteiger partial charge is 0.512 e. The van der Waals surface area contributed by atoms with Gasteiger partial charge in [-0.15, -0.1) is 0 Å². The molecule has 4 saturated carbocycles. The molecule has 260 valence electrons. The van der Waals surface area contributed by atoms with Crippen LogP contribution in [-0.4, -0.2) is 40.3 Å². The van der Waals surface area contributed by atoms with Gasteiger partial charge in [-0.1, -0.05) is 41.7 Å². The van der Waals surface area contributed by atoms with Gasteiger partial charge in [0.15, 0.2) is 5.13 Å². The first kappa shape index (κ1) is 32.0. The van der Waals surface area contributed by atoms with E-state index in [4.69, 9.17) is 14.5 Å². The zero-order valence-electron chi connectivity index (χ0n) is 28.6. The number of hydrogen-bond acceptors (Lipinski definition) is 8. The number of thiazole rings is 1. The van der Waals surface area contributed by atoms with Crippen molar-refractivity contribution in [3.63, 3.8) is 0 Å². The van der Waals surface area contributed by atoms with Crippen LogP contribution in [0.15, 0.2) is 72.8 Å². The van der Waals surface area contributed by atoms with Crippen molar-refractivity contribution in [3.8, 4) is 22.8 Å². The van der Waals surface area contributed by atoms with Gasteiger partial charge >= 0.3 is 6.16 Å². The Morgan fingerprint density at radius 3 is 2.45 bits per heavy atom. The van der Waals surface area contributed by atoms with Crippen molar-refractivity contribution in [2.24, 2.45) is 23.2 Å². The van der Waals surface area contributed by atoms with Crippen LogP contribution in [0.3, 0.4) is 0 Å². The van der Waals surface area contributed by atoms with E-state index in [1.54, 1.807) is 0 Å². The second kappa shape index (κ2) is 12.7. The zero-order valence-corrected chi connectivity index (χ0v) is 29.4. The van der Waals surface area contributed by atoms with Gasteiger partial charge in [0.05, 0.1) is 16.8 Å². The van der Waals surface area contributed by atoms with Crippen LogP contribution in [0.5, 0.6) is 11.6 Å². The summed E-state index contributed by atoms with van der Waals surface area (Å²) >= 11 is 1.44. The van der Waals surface area contributed by atoms with Crippen LogP contribution in [0.25, 0.3) is 21.3 Å². The number of carbonyl (C=O) groups is 2. The molecule has 9 nitrogen and oxygen atoms in total. The molecule has 5 aromatic rings. The minimum atomic E-state index is -1.42. The number of aromatic nitrogens is 2. The molecule has 0 saturated heterocycles. The maximum atomic E-state index is 13.5. The van der Waals surface area contributed by atoms with E-state index in [0.29, 0.717) is 47.0 Å². The van der Waals surface area contributed by atoms with E-state index in [0.717, 1.165) is 62.6 Å². The lowest BCUT2D eigenvalue weighted by Crippen LogP contribution is -2.48. The molecule has 0 spiro atoms. The lowest BCUT2D eigenvalue weighted by atomic mass is 9.50. The highest BCUT2D eigenvalue weighted by atomic mass is 32.1. The maximum absolute atomic E-state index is 13.5. The molecule has 1 amide bonds. The third-order valence-electron chi connectivity index (χ3n) is 11.6. The van der Waals surface area contributed by atoms with E-state index >= 15 is 0 Å². The van der Waals surface area contributed by atoms with Crippen LogP contribution in [0.1, 0.15) is 65.6 Å². The molecule has 10 rings (SSSR count). The number of benzene rings is 3. The number of aryl methyl sites for hydroxylation is 1. The van der Waals surface area contributed by atoms with Gasteiger partial charge in [0.2, 0.25) is 5.88 Å². The Bertz CT molecular complexity index is 2110. The predicted molar refractivity (Wildman–Crippen MR) is 198 cm³/mol. The van der Waals surface area contributed by atoms with Crippen LogP contribution in [0.4, 0.5) is 15.7 Å². The summed E-state index contributed by atoms with van der Waals surface area (Å²) < 4.78 is 12.8. The summed E-state index contributed by atoms with van der Waals surface area (Å²) in [6, 6.07) is 23.4. The minimum Gasteiger partial charge on any atom is -0.493 e.